The summed E-state index contributed by atoms with van der Waals surface area (Å²) in [6.07, 6.45) is 4.86. The van der Waals surface area contributed by atoms with E-state index < -0.39 is 5.60 Å². The van der Waals surface area contributed by atoms with Gasteiger partial charge in [-0.25, -0.2) is 9.07 Å². The first-order valence-corrected chi connectivity index (χ1v) is 10.0. The van der Waals surface area contributed by atoms with E-state index in [2.05, 4.69) is 10.3 Å². The highest BCUT2D eigenvalue weighted by molar-refractivity contribution is 5.84. The van der Waals surface area contributed by atoms with Gasteiger partial charge in [0.05, 0.1) is 12.7 Å². The molecule has 0 atom stereocenters. The molecule has 5 rings (SSSR count). The van der Waals surface area contributed by atoms with E-state index in [-0.39, 0.29) is 5.82 Å². The number of nitrogens with zero attached hydrogens (tertiary/aromatic N) is 3. The second kappa shape index (κ2) is 7.66. The predicted molar refractivity (Wildman–Crippen MR) is 108 cm³/mol. The molecule has 7 heteroatoms. The Labute approximate surface area is 173 Å². The Bertz CT molecular complexity index is 1090. The Morgan fingerprint density at radius 2 is 1.90 bits per heavy atom. The van der Waals surface area contributed by atoms with Gasteiger partial charge in [0, 0.05) is 31.6 Å². The molecule has 30 heavy (non-hydrogen) atoms. The number of hydrogen-bond acceptors (Lipinski definition) is 5. The maximum atomic E-state index is 13.3. The van der Waals surface area contributed by atoms with Crippen LogP contribution < -0.4 is 4.74 Å². The molecule has 1 saturated heterocycles. The van der Waals surface area contributed by atoms with Gasteiger partial charge >= 0.3 is 0 Å². The Morgan fingerprint density at radius 1 is 1.10 bits per heavy atom. The zero-order valence-corrected chi connectivity index (χ0v) is 16.4. The molecule has 2 aliphatic rings. The van der Waals surface area contributed by atoms with Crippen LogP contribution in [-0.2, 0) is 16.9 Å². The van der Waals surface area contributed by atoms with Crippen molar-refractivity contribution in [3.05, 3.63) is 82.9 Å². The molecule has 0 unspecified atom stereocenters. The Balaban J connectivity index is 1.36. The van der Waals surface area contributed by atoms with Crippen LogP contribution in [0, 0.1) is 5.82 Å². The maximum absolute atomic E-state index is 13.3. The molecular formula is C23H22FN3O3. The highest BCUT2D eigenvalue weighted by Crippen LogP contribution is 2.35. The van der Waals surface area contributed by atoms with E-state index in [9.17, 15) is 9.50 Å². The molecule has 3 aromatic rings. The fourth-order valence-corrected chi connectivity index (χ4v) is 3.98. The minimum absolute atomic E-state index is 0.250. The second-order valence-corrected chi connectivity index (χ2v) is 7.71. The first-order valence-electron chi connectivity index (χ1n) is 10.0. The third kappa shape index (κ3) is 3.62. The van der Waals surface area contributed by atoms with Gasteiger partial charge in [-0.05, 0) is 41.0 Å². The van der Waals surface area contributed by atoms with Gasteiger partial charge in [-0.1, -0.05) is 29.5 Å². The van der Waals surface area contributed by atoms with E-state index in [1.807, 2.05) is 24.3 Å². The summed E-state index contributed by atoms with van der Waals surface area (Å²) >= 11 is 0. The van der Waals surface area contributed by atoms with Crippen molar-refractivity contribution in [1.82, 2.24) is 15.0 Å². The van der Waals surface area contributed by atoms with E-state index in [4.69, 9.17) is 9.47 Å². The molecule has 1 fully saturated rings. The maximum Gasteiger partial charge on any atom is 0.127 e. The van der Waals surface area contributed by atoms with Gasteiger partial charge in [0.2, 0.25) is 0 Å². The van der Waals surface area contributed by atoms with E-state index >= 15 is 0 Å². The normalized spacial score (nSPS) is 17.7. The zero-order chi connectivity index (χ0) is 20.6. The molecule has 0 saturated carbocycles. The van der Waals surface area contributed by atoms with Crippen molar-refractivity contribution >= 4 is 5.57 Å². The van der Waals surface area contributed by atoms with Crippen LogP contribution >= 0.6 is 0 Å². The fourth-order valence-electron chi connectivity index (χ4n) is 3.98. The predicted octanol–water partition coefficient (Wildman–Crippen LogP) is 3.29. The summed E-state index contributed by atoms with van der Waals surface area (Å²) in [5, 5.41) is 19.2. The lowest BCUT2D eigenvalue weighted by Gasteiger charge is -2.29. The van der Waals surface area contributed by atoms with Crippen LogP contribution in [0.5, 0.6) is 5.75 Å². The van der Waals surface area contributed by atoms with E-state index in [1.165, 1.54) is 12.1 Å². The molecule has 1 aromatic heterocycles. The van der Waals surface area contributed by atoms with Gasteiger partial charge < -0.3 is 14.6 Å². The molecule has 0 radical (unpaired) electrons. The van der Waals surface area contributed by atoms with Crippen LogP contribution in [0.3, 0.4) is 0 Å². The largest absolute Gasteiger partial charge is 0.489 e. The Morgan fingerprint density at radius 3 is 2.70 bits per heavy atom. The average Bonchev–Trinajstić information content (AvgIpc) is 3.24. The molecule has 0 bridgehead atoms. The number of fused-ring (bicyclic) bond motifs is 1. The lowest BCUT2D eigenvalue weighted by Crippen LogP contribution is -2.33. The number of rotatable bonds is 4. The van der Waals surface area contributed by atoms with Gasteiger partial charge in [-0.2, -0.15) is 0 Å². The lowest BCUT2D eigenvalue weighted by atomic mass is 9.91. The summed E-state index contributed by atoms with van der Waals surface area (Å²) in [7, 11) is 0. The zero-order valence-electron chi connectivity index (χ0n) is 16.4. The monoisotopic (exact) mass is 407 g/mol. The highest BCUT2D eigenvalue weighted by Gasteiger charge is 2.34. The molecule has 0 aliphatic carbocycles. The topological polar surface area (TPSA) is 69.4 Å². The van der Waals surface area contributed by atoms with Crippen molar-refractivity contribution in [2.45, 2.75) is 25.0 Å². The Kier molecular flexibility index (Phi) is 4.84. The minimum Gasteiger partial charge on any atom is -0.489 e. The van der Waals surface area contributed by atoms with Gasteiger partial charge in [0.25, 0.3) is 0 Å². The van der Waals surface area contributed by atoms with Crippen LogP contribution in [0.1, 0.15) is 35.2 Å². The lowest BCUT2D eigenvalue weighted by molar-refractivity contribution is -0.0706. The number of ether oxygens (including phenoxy) is 2. The third-order valence-electron chi connectivity index (χ3n) is 5.70. The molecular weight excluding hydrogens is 385 g/mol. The fraction of sp³-hybridized carbons (Fsp3) is 0.304. The first kappa shape index (κ1) is 19.0. The van der Waals surface area contributed by atoms with Crippen LogP contribution in [0.15, 0.2) is 54.7 Å². The average molecular weight is 407 g/mol. The van der Waals surface area contributed by atoms with Gasteiger partial charge in [0.15, 0.2) is 0 Å². The molecule has 3 heterocycles. The molecule has 1 N–H and O–H groups in total. The van der Waals surface area contributed by atoms with Gasteiger partial charge in [-0.3, -0.25) is 0 Å². The number of hydrogen-bond donors (Lipinski definition) is 1. The summed E-state index contributed by atoms with van der Waals surface area (Å²) in [5.74, 6) is 0.539. The number of halogens is 1. The smallest absolute Gasteiger partial charge is 0.127 e. The second-order valence-electron chi connectivity index (χ2n) is 7.71. The third-order valence-corrected chi connectivity index (χ3v) is 5.70. The van der Waals surface area contributed by atoms with Crippen LogP contribution in [0.4, 0.5) is 4.39 Å². The highest BCUT2D eigenvalue weighted by atomic mass is 19.1. The van der Waals surface area contributed by atoms with Crippen molar-refractivity contribution in [3.63, 3.8) is 0 Å². The number of benzene rings is 2. The standard InChI is InChI=1S/C23H22FN3O3/c24-18-4-2-17(3-5-18)19-7-10-30-21-13-16(1-6-20(19)21)14-27-15-22(25-26-27)23(28)8-11-29-12-9-23/h1-7,13,15,28H,8-12,14H2. The summed E-state index contributed by atoms with van der Waals surface area (Å²) in [6, 6.07) is 12.5. The SMILES string of the molecule is OC1(c2cn(Cc3ccc4c(c3)OCC=C4c3ccc(F)cc3)nn2)CCOCC1. The molecule has 154 valence electrons. The Hall–Kier alpha value is -3.03. The minimum atomic E-state index is -0.968. The van der Waals surface area contributed by atoms with Crippen LogP contribution in [0.25, 0.3) is 5.57 Å². The van der Waals surface area contributed by atoms with Gasteiger partial charge in [0.1, 0.15) is 29.5 Å². The van der Waals surface area contributed by atoms with Crippen molar-refractivity contribution in [1.29, 1.82) is 0 Å². The quantitative estimate of drug-likeness (QED) is 0.719. The van der Waals surface area contributed by atoms with Gasteiger partial charge in [-0.15, -0.1) is 5.10 Å². The molecule has 2 aliphatic heterocycles. The van der Waals surface area contributed by atoms with Crippen LogP contribution in [0.2, 0.25) is 0 Å². The van der Waals surface area contributed by atoms with E-state index in [0.717, 1.165) is 28.0 Å². The summed E-state index contributed by atoms with van der Waals surface area (Å²) in [6.45, 7) is 2.03. The van der Waals surface area contributed by atoms with Crippen molar-refractivity contribution in [3.8, 4) is 5.75 Å². The molecule has 6 nitrogen and oxygen atoms in total. The molecule has 2 aromatic carbocycles. The summed E-state index contributed by atoms with van der Waals surface area (Å²) in [4.78, 5) is 0. The first-order chi connectivity index (χ1) is 14.6. The number of aliphatic hydroxyl groups is 1. The van der Waals surface area contributed by atoms with Crippen LogP contribution in [-0.4, -0.2) is 39.9 Å². The number of aromatic nitrogens is 3. The van der Waals surface area contributed by atoms with Crippen molar-refractivity contribution < 1.29 is 19.0 Å². The van der Waals surface area contributed by atoms with E-state index in [1.54, 1.807) is 23.0 Å². The molecule has 0 amide bonds. The summed E-state index contributed by atoms with van der Waals surface area (Å²) in [5.41, 5.74) is 3.61. The van der Waals surface area contributed by atoms with Crippen molar-refractivity contribution in [2.75, 3.05) is 19.8 Å². The van der Waals surface area contributed by atoms with E-state index in [0.29, 0.717) is 44.9 Å². The summed E-state index contributed by atoms with van der Waals surface area (Å²) < 4.78 is 26.2. The molecule has 0 spiro atoms. The van der Waals surface area contributed by atoms with Crippen molar-refractivity contribution in [2.24, 2.45) is 0 Å².